The Bertz CT molecular complexity index is 286. The lowest BCUT2D eigenvalue weighted by Crippen LogP contribution is -2.38. The zero-order valence-electron chi connectivity index (χ0n) is 10.6. The number of thioether (sulfide) groups is 1. The van der Waals surface area contributed by atoms with Crippen molar-refractivity contribution in [3.05, 3.63) is 0 Å². The molecule has 1 rings (SSSR count). The van der Waals surface area contributed by atoms with Crippen LogP contribution in [-0.2, 0) is 4.79 Å². The third kappa shape index (κ3) is 4.35. The average molecular weight is 284 g/mol. The Morgan fingerprint density at radius 2 is 2.06 bits per heavy atom. The molecule has 2 atom stereocenters. The molecule has 0 radical (unpaired) electrons. The molecule has 1 aliphatic rings. The average Bonchev–Trinajstić information content (AvgIpc) is 2.56. The molecular weight excluding hydrogens is 265 g/mol. The van der Waals surface area contributed by atoms with Gasteiger partial charge in [0, 0.05) is 12.3 Å². The van der Waals surface area contributed by atoms with E-state index < -0.39 is 5.51 Å². The summed E-state index contributed by atoms with van der Waals surface area (Å²) in [6.07, 6.45) is 2.20. The fraction of sp³-hybridized carbons (Fsp3) is 0.909. The Balaban J connectivity index is 2.49. The molecule has 0 aliphatic carbocycles. The minimum Gasteiger partial charge on any atom is -0.325 e. The van der Waals surface area contributed by atoms with E-state index in [-0.39, 0.29) is 42.2 Å². The SMILES string of the molecule is CCCC1NC(CC)N(CCSC(F)(F)F)C1=O. The highest BCUT2D eigenvalue weighted by molar-refractivity contribution is 8.00. The molecule has 0 aromatic carbocycles. The monoisotopic (exact) mass is 284 g/mol. The molecule has 0 saturated carbocycles. The van der Waals surface area contributed by atoms with E-state index >= 15 is 0 Å². The molecular formula is C11H19F3N2OS. The maximum absolute atomic E-state index is 12.0. The molecule has 18 heavy (non-hydrogen) atoms. The first-order chi connectivity index (χ1) is 8.39. The third-order valence-corrected chi connectivity index (χ3v) is 3.63. The van der Waals surface area contributed by atoms with Crippen molar-refractivity contribution in [1.29, 1.82) is 0 Å². The molecule has 1 heterocycles. The molecule has 0 aromatic heterocycles. The van der Waals surface area contributed by atoms with E-state index in [2.05, 4.69) is 5.32 Å². The Morgan fingerprint density at radius 3 is 2.56 bits per heavy atom. The highest BCUT2D eigenvalue weighted by Crippen LogP contribution is 2.30. The standard InChI is InChI=1S/C11H19F3N2OS/c1-3-5-8-10(17)16(9(4-2)15-8)6-7-18-11(12,13)14/h8-9,15H,3-7H2,1-2H3. The van der Waals surface area contributed by atoms with Gasteiger partial charge in [-0.05, 0) is 24.6 Å². The first-order valence-corrected chi connectivity index (χ1v) is 7.14. The number of nitrogens with one attached hydrogen (secondary N) is 1. The Morgan fingerprint density at radius 1 is 1.39 bits per heavy atom. The number of carbonyl (C=O) groups excluding carboxylic acids is 1. The second-order valence-electron chi connectivity index (χ2n) is 4.26. The summed E-state index contributed by atoms with van der Waals surface area (Å²) in [6.45, 7) is 4.05. The van der Waals surface area contributed by atoms with Crippen LogP contribution in [0.25, 0.3) is 0 Å². The highest BCUT2D eigenvalue weighted by Gasteiger charge is 2.37. The lowest BCUT2D eigenvalue weighted by Gasteiger charge is -2.23. The summed E-state index contributed by atoms with van der Waals surface area (Å²) in [4.78, 5) is 13.5. The Kier molecular flexibility index (Phi) is 5.78. The minimum absolute atomic E-state index is 0.0634. The van der Waals surface area contributed by atoms with Gasteiger partial charge in [0.2, 0.25) is 5.91 Å². The van der Waals surface area contributed by atoms with Crippen LogP contribution in [0.1, 0.15) is 33.1 Å². The summed E-state index contributed by atoms with van der Waals surface area (Å²) in [5.74, 6) is -0.168. The second-order valence-corrected chi connectivity index (χ2v) is 5.42. The largest absolute Gasteiger partial charge is 0.441 e. The molecule has 2 unspecified atom stereocenters. The first-order valence-electron chi connectivity index (χ1n) is 6.16. The molecule has 0 spiro atoms. The smallest absolute Gasteiger partial charge is 0.325 e. The fourth-order valence-corrected chi connectivity index (χ4v) is 2.63. The van der Waals surface area contributed by atoms with Crippen LogP contribution in [0.5, 0.6) is 0 Å². The van der Waals surface area contributed by atoms with Gasteiger partial charge in [-0.3, -0.25) is 10.1 Å². The van der Waals surface area contributed by atoms with Crippen molar-refractivity contribution < 1.29 is 18.0 Å². The van der Waals surface area contributed by atoms with Crippen molar-refractivity contribution in [2.24, 2.45) is 0 Å². The number of alkyl halides is 3. The molecule has 106 valence electrons. The van der Waals surface area contributed by atoms with Gasteiger partial charge in [0.25, 0.3) is 0 Å². The summed E-state index contributed by atoms with van der Waals surface area (Å²) >= 11 is -0.0721. The number of carbonyl (C=O) groups is 1. The highest BCUT2D eigenvalue weighted by atomic mass is 32.2. The minimum atomic E-state index is -4.22. The molecule has 3 nitrogen and oxygen atoms in total. The summed E-state index contributed by atoms with van der Waals surface area (Å²) in [5, 5.41) is 3.17. The number of halogens is 3. The van der Waals surface area contributed by atoms with E-state index in [1.54, 1.807) is 4.90 Å². The Hall–Kier alpha value is -0.430. The van der Waals surface area contributed by atoms with Gasteiger partial charge in [0.05, 0.1) is 12.2 Å². The molecule has 1 amide bonds. The number of hydrogen-bond acceptors (Lipinski definition) is 3. The van der Waals surface area contributed by atoms with Crippen LogP contribution in [0.2, 0.25) is 0 Å². The van der Waals surface area contributed by atoms with Crippen LogP contribution in [0.3, 0.4) is 0 Å². The molecule has 7 heteroatoms. The predicted octanol–water partition coefficient (Wildman–Crippen LogP) is 2.58. The van der Waals surface area contributed by atoms with Crippen molar-refractivity contribution in [2.75, 3.05) is 12.3 Å². The molecule has 0 aromatic rings. The van der Waals surface area contributed by atoms with Crippen LogP contribution in [0, 0.1) is 0 Å². The maximum atomic E-state index is 12.0. The van der Waals surface area contributed by atoms with E-state index in [1.807, 2.05) is 13.8 Å². The normalized spacial score (nSPS) is 24.9. The van der Waals surface area contributed by atoms with Crippen molar-refractivity contribution in [3.8, 4) is 0 Å². The van der Waals surface area contributed by atoms with Crippen LogP contribution in [-0.4, -0.2) is 40.8 Å². The molecule has 1 fully saturated rings. The summed E-state index contributed by atoms with van der Waals surface area (Å²) in [6, 6.07) is -0.226. The van der Waals surface area contributed by atoms with Crippen LogP contribution >= 0.6 is 11.8 Å². The van der Waals surface area contributed by atoms with Crippen molar-refractivity contribution >= 4 is 17.7 Å². The van der Waals surface area contributed by atoms with Gasteiger partial charge in [0.15, 0.2) is 0 Å². The van der Waals surface area contributed by atoms with Gasteiger partial charge in [-0.15, -0.1) is 0 Å². The van der Waals surface area contributed by atoms with E-state index in [9.17, 15) is 18.0 Å². The fourth-order valence-electron chi connectivity index (χ4n) is 2.11. The van der Waals surface area contributed by atoms with Gasteiger partial charge in [-0.25, -0.2) is 0 Å². The zero-order valence-corrected chi connectivity index (χ0v) is 11.4. The summed E-state index contributed by atoms with van der Waals surface area (Å²) < 4.78 is 36.1. The molecule has 0 bridgehead atoms. The third-order valence-electron chi connectivity index (χ3n) is 2.91. The number of rotatable bonds is 6. The van der Waals surface area contributed by atoms with E-state index in [1.165, 1.54) is 0 Å². The van der Waals surface area contributed by atoms with Crippen molar-refractivity contribution in [2.45, 2.75) is 50.8 Å². The van der Waals surface area contributed by atoms with Crippen LogP contribution < -0.4 is 5.32 Å². The van der Waals surface area contributed by atoms with E-state index in [4.69, 9.17) is 0 Å². The molecule has 1 saturated heterocycles. The number of hydrogen-bond donors (Lipinski definition) is 1. The van der Waals surface area contributed by atoms with E-state index in [0.717, 1.165) is 12.8 Å². The van der Waals surface area contributed by atoms with Crippen molar-refractivity contribution in [3.63, 3.8) is 0 Å². The summed E-state index contributed by atoms with van der Waals surface area (Å²) in [5.41, 5.74) is -4.22. The Labute approximate surface area is 109 Å². The number of nitrogens with zero attached hydrogens (tertiary/aromatic N) is 1. The quantitative estimate of drug-likeness (QED) is 0.813. The predicted molar refractivity (Wildman–Crippen MR) is 66.1 cm³/mol. The van der Waals surface area contributed by atoms with Gasteiger partial charge in [-0.1, -0.05) is 20.3 Å². The van der Waals surface area contributed by atoms with Gasteiger partial charge in [0.1, 0.15) is 0 Å². The number of amides is 1. The van der Waals surface area contributed by atoms with Crippen molar-refractivity contribution in [1.82, 2.24) is 10.2 Å². The lowest BCUT2D eigenvalue weighted by atomic mass is 10.2. The maximum Gasteiger partial charge on any atom is 0.441 e. The van der Waals surface area contributed by atoms with Crippen LogP contribution in [0.4, 0.5) is 13.2 Å². The zero-order chi connectivity index (χ0) is 13.8. The van der Waals surface area contributed by atoms with Crippen LogP contribution in [0.15, 0.2) is 0 Å². The molecule has 1 aliphatic heterocycles. The topological polar surface area (TPSA) is 32.3 Å². The van der Waals surface area contributed by atoms with Gasteiger partial charge < -0.3 is 4.90 Å². The molecule has 1 N–H and O–H groups in total. The lowest BCUT2D eigenvalue weighted by molar-refractivity contribution is -0.129. The summed E-state index contributed by atoms with van der Waals surface area (Å²) in [7, 11) is 0. The van der Waals surface area contributed by atoms with Gasteiger partial charge in [-0.2, -0.15) is 13.2 Å². The first kappa shape index (κ1) is 15.6. The second kappa shape index (κ2) is 6.65. The van der Waals surface area contributed by atoms with Gasteiger partial charge >= 0.3 is 5.51 Å². The van der Waals surface area contributed by atoms with E-state index in [0.29, 0.717) is 6.42 Å².